The van der Waals surface area contributed by atoms with Crippen LogP contribution in [0.3, 0.4) is 0 Å². The number of nitrogens with one attached hydrogen (secondary N) is 1. The van der Waals surface area contributed by atoms with Crippen molar-refractivity contribution in [2.45, 2.75) is 71.6 Å². The highest BCUT2D eigenvalue weighted by atomic mass is 16.3. The third-order valence-electron chi connectivity index (χ3n) is 9.08. The normalized spacial score (nSPS) is 51.0. The van der Waals surface area contributed by atoms with Gasteiger partial charge in [0.2, 0.25) is 0 Å². The molecule has 0 bridgehead atoms. The summed E-state index contributed by atoms with van der Waals surface area (Å²) < 4.78 is 0. The second kappa shape index (κ2) is 5.65. The summed E-state index contributed by atoms with van der Waals surface area (Å²) in [6.45, 7) is 5.24. The molecule has 0 aliphatic heterocycles. The zero-order valence-corrected chi connectivity index (χ0v) is 15.3. The fourth-order valence-electron chi connectivity index (χ4n) is 7.74. The lowest BCUT2D eigenvalue weighted by Gasteiger charge is -2.60. The van der Waals surface area contributed by atoms with Crippen LogP contribution in [0.4, 0.5) is 0 Å². The van der Waals surface area contributed by atoms with Gasteiger partial charge in [-0.15, -0.1) is 0 Å². The highest BCUT2D eigenvalue weighted by Gasteiger charge is 2.60. The zero-order chi connectivity index (χ0) is 17.1. The molecule has 0 aromatic rings. The van der Waals surface area contributed by atoms with Gasteiger partial charge in [0.15, 0.2) is 5.78 Å². The lowest BCUT2D eigenvalue weighted by atomic mass is 9.44. The van der Waals surface area contributed by atoms with Gasteiger partial charge < -0.3 is 10.5 Å². The van der Waals surface area contributed by atoms with Crippen LogP contribution in [0, 0.1) is 45.8 Å². The van der Waals surface area contributed by atoms with Crippen LogP contribution in [0.1, 0.15) is 71.6 Å². The van der Waals surface area contributed by atoms with Gasteiger partial charge in [-0.1, -0.05) is 13.8 Å². The van der Waals surface area contributed by atoms with Crippen LogP contribution in [0.15, 0.2) is 0 Å². The Morgan fingerprint density at radius 3 is 2.54 bits per heavy atom. The fourth-order valence-corrected chi connectivity index (χ4v) is 7.74. The molecule has 0 heterocycles. The summed E-state index contributed by atoms with van der Waals surface area (Å²) >= 11 is 0. The van der Waals surface area contributed by atoms with Crippen molar-refractivity contribution in [1.82, 2.24) is 0 Å². The van der Waals surface area contributed by atoms with Crippen LogP contribution in [0.2, 0.25) is 0 Å². The van der Waals surface area contributed by atoms with E-state index in [2.05, 4.69) is 13.8 Å². The van der Waals surface area contributed by atoms with Crippen LogP contribution in [0.5, 0.6) is 0 Å². The van der Waals surface area contributed by atoms with E-state index in [4.69, 9.17) is 5.41 Å². The number of Topliss-reactive ketones (excluding diaryl/α,β-unsaturated/α-hetero) is 1. The van der Waals surface area contributed by atoms with Crippen LogP contribution >= 0.6 is 0 Å². The molecule has 2 N–H and O–H groups in total. The quantitative estimate of drug-likeness (QED) is 0.795. The van der Waals surface area contributed by atoms with Crippen molar-refractivity contribution in [3.8, 4) is 0 Å². The topological polar surface area (TPSA) is 61.2 Å². The second-order valence-corrected chi connectivity index (χ2v) is 9.68. The van der Waals surface area contributed by atoms with Gasteiger partial charge in [0.05, 0.1) is 5.71 Å². The van der Waals surface area contributed by atoms with E-state index in [-0.39, 0.29) is 17.1 Å². The van der Waals surface area contributed by atoms with Crippen molar-refractivity contribution in [3.05, 3.63) is 0 Å². The molecule has 0 saturated heterocycles. The van der Waals surface area contributed by atoms with Gasteiger partial charge in [-0.05, 0) is 85.9 Å². The third kappa shape index (κ3) is 2.12. The molecule has 1 unspecified atom stereocenters. The molecule has 0 radical (unpaired) electrons. The number of ketones is 1. The molecule has 3 nitrogen and oxygen atoms in total. The Morgan fingerprint density at radius 1 is 1.04 bits per heavy atom. The van der Waals surface area contributed by atoms with Crippen LogP contribution in [-0.4, -0.2) is 23.2 Å². The average Bonchev–Trinajstić information content (AvgIpc) is 2.89. The number of aliphatic hydroxyl groups is 1. The van der Waals surface area contributed by atoms with Gasteiger partial charge in [-0.25, -0.2) is 0 Å². The molecular weight excluding hydrogens is 298 g/mol. The zero-order valence-electron chi connectivity index (χ0n) is 15.3. The van der Waals surface area contributed by atoms with Gasteiger partial charge in [-0.3, -0.25) is 4.79 Å². The molecule has 0 aromatic carbocycles. The highest BCUT2D eigenvalue weighted by Crippen LogP contribution is 2.67. The minimum absolute atomic E-state index is 0.112. The monoisotopic (exact) mass is 331 g/mol. The van der Waals surface area contributed by atoms with E-state index in [1.807, 2.05) is 0 Å². The van der Waals surface area contributed by atoms with E-state index in [1.165, 1.54) is 32.1 Å². The molecule has 0 amide bonds. The molecule has 134 valence electrons. The molecule has 4 rings (SSSR count). The molecule has 3 heteroatoms. The Kier molecular flexibility index (Phi) is 3.95. The number of carbonyl (C=O) groups is 1. The predicted molar refractivity (Wildman–Crippen MR) is 95.0 cm³/mol. The van der Waals surface area contributed by atoms with Gasteiger partial charge in [0.1, 0.15) is 0 Å². The van der Waals surface area contributed by atoms with Gasteiger partial charge >= 0.3 is 0 Å². The summed E-state index contributed by atoms with van der Waals surface area (Å²) in [4.78, 5) is 12.1. The van der Waals surface area contributed by atoms with Crippen LogP contribution < -0.4 is 0 Å². The standard InChI is InChI=1S/C21H33NO2/c1-20-10-7-16-14(15(20)5-3-13(20)9-12-23)4-6-17-19(22)18(24)8-11-21(16,17)2/h13-17,22-23H,3-12H2,1-2H3/t13-,14+,15+,16+,17?,20-,21-/m1/s1. The molecule has 4 saturated carbocycles. The number of rotatable bonds is 2. The smallest absolute Gasteiger partial charge is 0.176 e. The number of hydrogen-bond acceptors (Lipinski definition) is 3. The van der Waals surface area contributed by atoms with Gasteiger partial charge in [0, 0.05) is 18.9 Å². The Labute approximate surface area is 146 Å². The lowest BCUT2D eigenvalue weighted by Crippen LogP contribution is -2.56. The van der Waals surface area contributed by atoms with E-state index in [0.29, 0.717) is 36.0 Å². The number of fused-ring (bicyclic) bond motifs is 5. The van der Waals surface area contributed by atoms with E-state index in [0.717, 1.165) is 31.1 Å². The molecule has 4 fully saturated rings. The first-order chi connectivity index (χ1) is 11.4. The van der Waals surface area contributed by atoms with Gasteiger partial charge in [-0.2, -0.15) is 0 Å². The van der Waals surface area contributed by atoms with Crippen molar-refractivity contribution in [3.63, 3.8) is 0 Å². The Bertz CT molecular complexity index is 558. The largest absolute Gasteiger partial charge is 0.396 e. The maximum Gasteiger partial charge on any atom is 0.176 e. The number of hydrogen-bond donors (Lipinski definition) is 2. The average molecular weight is 332 g/mol. The molecule has 7 atom stereocenters. The first-order valence-corrected chi connectivity index (χ1v) is 10.1. The molecule has 24 heavy (non-hydrogen) atoms. The highest BCUT2D eigenvalue weighted by molar-refractivity contribution is 6.40. The van der Waals surface area contributed by atoms with Gasteiger partial charge in [0.25, 0.3) is 0 Å². The minimum Gasteiger partial charge on any atom is -0.396 e. The fraction of sp³-hybridized carbons (Fsp3) is 0.905. The molecule has 0 aromatic heterocycles. The maximum atomic E-state index is 12.1. The van der Waals surface area contributed by atoms with Crippen molar-refractivity contribution in [2.75, 3.05) is 6.61 Å². The summed E-state index contributed by atoms with van der Waals surface area (Å²) in [6.07, 6.45) is 10.0. The Hall–Kier alpha value is -0.700. The van der Waals surface area contributed by atoms with Crippen LogP contribution in [0.25, 0.3) is 0 Å². The van der Waals surface area contributed by atoms with Crippen LogP contribution in [-0.2, 0) is 4.79 Å². The van der Waals surface area contributed by atoms with Crippen molar-refractivity contribution >= 4 is 11.5 Å². The van der Waals surface area contributed by atoms with E-state index < -0.39 is 0 Å². The summed E-state index contributed by atoms with van der Waals surface area (Å²) in [5, 5.41) is 17.8. The molecular formula is C21H33NO2. The van der Waals surface area contributed by atoms with Crippen molar-refractivity contribution in [2.24, 2.45) is 40.4 Å². The van der Waals surface area contributed by atoms with E-state index in [9.17, 15) is 9.90 Å². The summed E-state index contributed by atoms with van der Waals surface area (Å²) in [6, 6.07) is 0. The Morgan fingerprint density at radius 2 is 1.79 bits per heavy atom. The summed E-state index contributed by atoms with van der Waals surface area (Å²) in [7, 11) is 0. The molecule has 4 aliphatic carbocycles. The second-order valence-electron chi connectivity index (χ2n) is 9.68. The maximum absolute atomic E-state index is 12.1. The third-order valence-corrected chi connectivity index (χ3v) is 9.08. The first kappa shape index (κ1) is 16.8. The lowest BCUT2D eigenvalue weighted by molar-refractivity contribution is -0.122. The van der Waals surface area contributed by atoms with Crippen molar-refractivity contribution in [1.29, 1.82) is 5.41 Å². The van der Waals surface area contributed by atoms with E-state index in [1.54, 1.807) is 0 Å². The summed E-state index contributed by atoms with van der Waals surface area (Å²) in [5.41, 5.74) is 1.05. The minimum atomic E-state index is 0.112. The van der Waals surface area contributed by atoms with E-state index >= 15 is 0 Å². The molecule has 4 aliphatic rings. The SMILES string of the molecule is C[C@]12CC[C@H]3[C@@H](CCC4C(=N)C(=O)CC[C@@]43C)[C@@H]1CC[C@@H]2CCO. The van der Waals surface area contributed by atoms with Crippen molar-refractivity contribution < 1.29 is 9.90 Å². The summed E-state index contributed by atoms with van der Waals surface area (Å²) in [5.74, 6) is 3.33. The molecule has 0 spiro atoms. The number of carbonyl (C=O) groups excluding carboxylic acids is 1. The Balaban J connectivity index is 1.62. The number of aliphatic hydroxyl groups excluding tert-OH is 1. The predicted octanol–water partition coefficient (Wildman–Crippen LogP) is 4.23. The first-order valence-electron chi connectivity index (χ1n) is 10.1.